The van der Waals surface area contributed by atoms with Crippen molar-refractivity contribution >= 4 is 17.5 Å². The smallest absolute Gasteiger partial charge is 0.289 e. The van der Waals surface area contributed by atoms with Gasteiger partial charge in [-0.15, -0.1) is 0 Å². The number of carbonyl (C=O) groups excluding carboxylic acids is 1. The molecule has 0 bridgehead atoms. The zero-order chi connectivity index (χ0) is 26.5. The molecule has 1 atom stereocenters. The molecular weight excluding hydrogens is 496 g/mol. The Morgan fingerprint density at radius 3 is 2.51 bits per heavy atom. The first-order chi connectivity index (χ1) is 17.9. The van der Waals surface area contributed by atoms with Gasteiger partial charge in [-0.2, -0.15) is 4.98 Å². The molecule has 1 fully saturated rings. The van der Waals surface area contributed by atoms with Crippen LogP contribution in [0.25, 0.3) is 5.69 Å². The molecule has 1 amide bonds. The minimum Gasteiger partial charge on any atom is -0.494 e. The number of para-hydroxylation sites is 1. The van der Waals surface area contributed by atoms with Crippen LogP contribution in [0.4, 0.5) is 0 Å². The maximum Gasteiger partial charge on any atom is 0.289 e. The number of likely N-dealkylation sites (tertiary alicyclic amines) is 1. The number of amides is 1. The number of aromatic hydroxyl groups is 1. The average molecular weight is 527 g/mol. The molecule has 1 unspecified atom stereocenters. The van der Waals surface area contributed by atoms with E-state index in [0.29, 0.717) is 54.0 Å². The number of aromatic nitrogens is 3. The van der Waals surface area contributed by atoms with E-state index in [4.69, 9.17) is 21.1 Å². The highest BCUT2D eigenvalue weighted by Crippen LogP contribution is 2.37. The van der Waals surface area contributed by atoms with E-state index < -0.39 is 17.3 Å². The predicted molar refractivity (Wildman–Crippen MR) is 140 cm³/mol. The number of methoxy groups -OCH3 is 2. The zero-order valence-corrected chi connectivity index (χ0v) is 22.0. The molecule has 3 heterocycles. The number of hydrogen-bond acceptors (Lipinski definition) is 7. The summed E-state index contributed by atoms with van der Waals surface area (Å²) in [5.74, 6) is 0.0956. The van der Waals surface area contributed by atoms with Gasteiger partial charge < -0.3 is 19.5 Å². The molecular formula is C27H31ClN4O5. The van der Waals surface area contributed by atoms with Crippen molar-refractivity contribution < 1.29 is 19.4 Å². The van der Waals surface area contributed by atoms with E-state index >= 15 is 0 Å². The Bertz CT molecular complexity index is 1300. The van der Waals surface area contributed by atoms with Crippen molar-refractivity contribution in [2.45, 2.75) is 44.9 Å². The van der Waals surface area contributed by atoms with Crippen LogP contribution in [0, 0.1) is 0 Å². The fourth-order valence-electron chi connectivity index (χ4n) is 4.70. The molecule has 2 aromatic heterocycles. The van der Waals surface area contributed by atoms with Crippen molar-refractivity contribution in [3.8, 4) is 23.1 Å². The van der Waals surface area contributed by atoms with Crippen molar-refractivity contribution in [1.82, 2.24) is 19.4 Å². The quantitative estimate of drug-likeness (QED) is 0.413. The largest absolute Gasteiger partial charge is 0.494 e. The topological polar surface area (TPSA) is 107 Å². The highest BCUT2D eigenvalue weighted by atomic mass is 35.5. The first kappa shape index (κ1) is 26.5. The minimum absolute atomic E-state index is 0.00109. The maximum absolute atomic E-state index is 13.6. The van der Waals surface area contributed by atoms with E-state index in [1.807, 2.05) is 6.07 Å². The molecule has 0 radical (unpaired) electrons. The summed E-state index contributed by atoms with van der Waals surface area (Å²) in [6, 6.07) is 8.80. The number of rotatable bonds is 9. The third-order valence-corrected chi connectivity index (χ3v) is 6.85. The Labute approximate surface area is 220 Å². The minimum atomic E-state index is -0.757. The van der Waals surface area contributed by atoms with Gasteiger partial charge in [-0.1, -0.05) is 37.4 Å². The fraction of sp³-hybridized carbons (Fsp3) is 0.407. The number of pyridine rings is 1. The van der Waals surface area contributed by atoms with E-state index in [1.54, 1.807) is 35.4 Å². The number of hydrogen-bond donors (Lipinski definition) is 1. The molecule has 9 nitrogen and oxygen atoms in total. The molecule has 3 aromatic rings. The number of ether oxygens (including phenoxy) is 2. The second kappa shape index (κ2) is 11.6. The molecule has 37 heavy (non-hydrogen) atoms. The molecule has 1 aromatic carbocycles. The number of aryl methyl sites for hydroxylation is 1. The van der Waals surface area contributed by atoms with Crippen LogP contribution in [0.2, 0.25) is 5.02 Å². The summed E-state index contributed by atoms with van der Waals surface area (Å²) in [7, 11) is 3.01. The van der Waals surface area contributed by atoms with Crippen molar-refractivity contribution in [2.24, 2.45) is 0 Å². The van der Waals surface area contributed by atoms with Gasteiger partial charge in [0.15, 0.2) is 5.56 Å². The lowest BCUT2D eigenvalue weighted by Crippen LogP contribution is -2.35. The molecule has 4 rings (SSSR count). The number of carbonyl (C=O) groups is 1. The Hall–Kier alpha value is -3.59. The second-order valence-electron chi connectivity index (χ2n) is 8.97. The molecule has 0 spiro atoms. The Balaban J connectivity index is 1.77. The van der Waals surface area contributed by atoms with Crippen LogP contribution in [0.15, 0.2) is 41.3 Å². The SMILES string of the molecule is CCCCCc1nc(=O)c(C(=O)N2CCC(c3ccc(Cl)cn3)C2)c(O)n1-c1c(OC)cccc1OC. The van der Waals surface area contributed by atoms with Gasteiger partial charge in [-0.05, 0) is 37.1 Å². The lowest BCUT2D eigenvalue weighted by molar-refractivity contribution is 0.0784. The van der Waals surface area contributed by atoms with E-state index in [1.165, 1.54) is 18.8 Å². The zero-order valence-electron chi connectivity index (χ0n) is 21.2. The summed E-state index contributed by atoms with van der Waals surface area (Å²) in [4.78, 5) is 36.9. The Morgan fingerprint density at radius 2 is 1.89 bits per heavy atom. The number of nitrogens with zero attached hydrogens (tertiary/aromatic N) is 4. The third-order valence-electron chi connectivity index (χ3n) is 6.63. The van der Waals surface area contributed by atoms with Crippen molar-refractivity contribution in [2.75, 3.05) is 27.3 Å². The monoisotopic (exact) mass is 526 g/mol. The van der Waals surface area contributed by atoms with Gasteiger partial charge in [0.25, 0.3) is 11.5 Å². The van der Waals surface area contributed by atoms with Crippen LogP contribution >= 0.6 is 11.6 Å². The number of benzene rings is 1. The molecule has 1 N–H and O–H groups in total. The van der Waals surface area contributed by atoms with Gasteiger partial charge in [-0.3, -0.25) is 19.1 Å². The number of unbranched alkanes of at least 4 members (excludes halogenated alkanes) is 2. The van der Waals surface area contributed by atoms with Crippen LogP contribution in [0.1, 0.15) is 60.4 Å². The van der Waals surface area contributed by atoms with Crippen LogP contribution in [0.5, 0.6) is 17.4 Å². The molecule has 0 saturated carbocycles. The molecule has 0 aliphatic carbocycles. The van der Waals surface area contributed by atoms with Gasteiger partial charge in [0.2, 0.25) is 5.88 Å². The summed E-state index contributed by atoms with van der Waals surface area (Å²) < 4.78 is 12.5. The first-order valence-corrected chi connectivity index (χ1v) is 12.7. The predicted octanol–water partition coefficient (Wildman–Crippen LogP) is 4.37. The second-order valence-corrected chi connectivity index (χ2v) is 9.41. The van der Waals surface area contributed by atoms with Gasteiger partial charge in [0.05, 0.1) is 19.2 Å². The maximum atomic E-state index is 13.6. The molecule has 1 aliphatic heterocycles. The number of halogens is 1. The first-order valence-electron chi connectivity index (χ1n) is 12.4. The summed E-state index contributed by atoms with van der Waals surface area (Å²) in [5, 5.41) is 12.0. The summed E-state index contributed by atoms with van der Waals surface area (Å²) >= 11 is 5.96. The van der Waals surface area contributed by atoms with E-state index in [2.05, 4.69) is 16.9 Å². The Kier molecular flexibility index (Phi) is 8.33. The highest BCUT2D eigenvalue weighted by molar-refractivity contribution is 6.30. The van der Waals surface area contributed by atoms with E-state index in [0.717, 1.165) is 25.0 Å². The standard InChI is InChI=1S/C27H31ClN4O5/c1-4-5-6-10-22-30-25(33)23(27(35)32(22)24-20(36-2)8-7-9-21(24)37-3)26(34)31-14-13-17(16-31)19-12-11-18(28)15-29-19/h7-9,11-12,15,17,35H,4-6,10,13-14,16H2,1-3H3. The Morgan fingerprint density at radius 1 is 1.16 bits per heavy atom. The van der Waals surface area contributed by atoms with E-state index in [9.17, 15) is 14.7 Å². The van der Waals surface area contributed by atoms with Crippen molar-refractivity contribution in [3.63, 3.8) is 0 Å². The van der Waals surface area contributed by atoms with Crippen molar-refractivity contribution in [3.05, 3.63) is 69.0 Å². The van der Waals surface area contributed by atoms with Crippen LogP contribution < -0.4 is 15.0 Å². The van der Waals surface area contributed by atoms with Gasteiger partial charge in [0, 0.05) is 37.3 Å². The normalized spacial score (nSPS) is 15.1. The average Bonchev–Trinajstić information content (AvgIpc) is 3.39. The molecule has 10 heteroatoms. The fourth-order valence-corrected chi connectivity index (χ4v) is 4.81. The summed E-state index contributed by atoms with van der Waals surface area (Å²) in [6.07, 6.45) is 5.35. The van der Waals surface area contributed by atoms with Gasteiger partial charge >= 0.3 is 0 Å². The lowest BCUT2D eigenvalue weighted by atomic mass is 10.0. The van der Waals surface area contributed by atoms with Crippen LogP contribution in [-0.2, 0) is 6.42 Å². The molecule has 1 aliphatic rings. The van der Waals surface area contributed by atoms with Gasteiger partial charge in [-0.25, -0.2) is 0 Å². The molecule has 1 saturated heterocycles. The summed E-state index contributed by atoms with van der Waals surface area (Å²) in [6.45, 7) is 2.86. The van der Waals surface area contributed by atoms with Crippen LogP contribution in [-0.4, -0.2) is 57.8 Å². The van der Waals surface area contributed by atoms with Crippen molar-refractivity contribution in [1.29, 1.82) is 0 Å². The summed E-state index contributed by atoms with van der Waals surface area (Å²) in [5.41, 5.74) is 0.0660. The third kappa shape index (κ3) is 5.41. The van der Waals surface area contributed by atoms with E-state index in [-0.39, 0.29) is 11.5 Å². The highest BCUT2D eigenvalue weighted by Gasteiger charge is 2.34. The molecule has 196 valence electrons. The lowest BCUT2D eigenvalue weighted by Gasteiger charge is -2.22. The van der Waals surface area contributed by atoms with Crippen LogP contribution in [0.3, 0.4) is 0 Å². The van der Waals surface area contributed by atoms with Gasteiger partial charge in [0.1, 0.15) is 23.0 Å².